The van der Waals surface area contributed by atoms with Crippen molar-refractivity contribution in [1.82, 2.24) is 0 Å². The van der Waals surface area contributed by atoms with Gasteiger partial charge in [0.1, 0.15) is 24.4 Å². The fourth-order valence-corrected chi connectivity index (χ4v) is 0.866. The summed E-state index contributed by atoms with van der Waals surface area (Å²) in [4.78, 5) is 0. The van der Waals surface area contributed by atoms with Crippen molar-refractivity contribution in [2.24, 2.45) is 0 Å². The summed E-state index contributed by atoms with van der Waals surface area (Å²) in [5, 5.41) is 45.0. The minimum absolute atomic E-state index is 0.127. The van der Waals surface area contributed by atoms with Crippen molar-refractivity contribution < 1.29 is 30.3 Å². The molecule has 6 heteroatoms. The predicted molar refractivity (Wildman–Crippen MR) is 47.3 cm³/mol. The zero-order valence-electron chi connectivity index (χ0n) is 7.78. The van der Waals surface area contributed by atoms with E-state index in [1.165, 1.54) is 0 Å². The van der Waals surface area contributed by atoms with Crippen molar-refractivity contribution in [1.29, 1.82) is 0 Å². The van der Waals surface area contributed by atoms with E-state index >= 15 is 0 Å². The molecule has 4 atom stereocenters. The lowest BCUT2D eigenvalue weighted by atomic mass is 10.0. The zero-order chi connectivity index (χ0) is 11.1. The smallest absolute Gasteiger partial charge is 0.111 e. The van der Waals surface area contributed by atoms with Gasteiger partial charge in [-0.25, -0.2) is 0 Å². The van der Waals surface area contributed by atoms with E-state index in [1.54, 1.807) is 0 Å². The van der Waals surface area contributed by atoms with Gasteiger partial charge >= 0.3 is 0 Å². The first kappa shape index (κ1) is 13.8. The number of hydrogen-bond donors (Lipinski definition) is 5. The molecule has 0 spiro atoms. The lowest BCUT2D eigenvalue weighted by molar-refractivity contribution is -0.127. The maximum absolute atomic E-state index is 9.24. The van der Waals surface area contributed by atoms with Gasteiger partial charge < -0.3 is 30.3 Å². The third kappa shape index (κ3) is 4.32. The van der Waals surface area contributed by atoms with Gasteiger partial charge in [-0.2, -0.15) is 0 Å². The van der Waals surface area contributed by atoms with E-state index in [0.29, 0.717) is 0 Å². The highest BCUT2D eigenvalue weighted by Gasteiger charge is 2.29. The molecule has 0 fully saturated rings. The standard InChI is InChI=1S/C8H17O6/c1-2-14-4-6(11)8(13)7(12)5(10)3-9/h5-13H,1-4H2/t5-,6+,7-,8-/m1/s1. The highest BCUT2D eigenvalue weighted by Crippen LogP contribution is 2.05. The molecule has 0 saturated carbocycles. The van der Waals surface area contributed by atoms with Crippen molar-refractivity contribution in [3.8, 4) is 0 Å². The Morgan fingerprint density at radius 3 is 1.93 bits per heavy atom. The van der Waals surface area contributed by atoms with Gasteiger partial charge in [0, 0.05) is 6.61 Å². The van der Waals surface area contributed by atoms with Crippen LogP contribution in [-0.4, -0.2) is 69.8 Å². The maximum Gasteiger partial charge on any atom is 0.111 e. The quantitative estimate of drug-likeness (QED) is 0.311. The average molecular weight is 209 g/mol. The minimum Gasteiger partial charge on any atom is -0.394 e. The lowest BCUT2D eigenvalue weighted by Crippen LogP contribution is -2.47. The lowest BCUT2D eigenvalue weighted by Gasteiger charge is -2.25. The second-order valence-corrected chi connectivity index (χ2v) is 2.87. The summed E-state index contributed by atoms with van der Waals surface area (Å²) in [5.74, 6) is 0. The van der Waals surface area contributed by atoms with Gasteiger partial charge in [0.15, 0.2) is 0 Å². The van der Waals surface area contributed by atoms with Crippen molar-refractivity contribution in [3.05, 3.63) is 6.92 Å². The van der Waals surface area contributed by atoms with Crippen molar-refractivity contribution >= 4 is 0 Å². The minimum atomic E-state index is -1.61. The molecule has 0 unspecified atom stereocenters. The van der Waals surface area contributed by atoms with Gasteiger partial charge in [-0.1, -0.05) is 0 Å². The highest BCUT2D eigenvalue weighted by atomic mass is 16.5. The van der Waals surface area contributed by atoms with Crippen LogP contribution in [0, 0.1) is 6.92 Å². The Balaban J connectivity index is 3.95. The molecule has 0 aromatic heterocycles. The van der Waals surface area contributed by atoms with Crippen LogP contribution in [0.5, 0.6) is 0 Å². The molecule has 0 aromatic carbocycles. The molecule has 0 aliphatic rings. The summed E-state index contributed by atoms with van der Waals surface area (Å²) in [6, 6.07) is 0. The Kier molecular flexibility index (Phi) is 6.98. The van der Waals surface area contributed by atoms with Crippen LogP contribution in [0.2, 0.25) is 0 Å². The number of rotatable bonds is 7. The normalized spacial score (nSPS) is 20.1. The fraction of sp³-hybridized carbons (Fsp3) is 0.875. The molecule has 0 aliphatic carbocycles. The molecule has 0 bridgehead atoms. The molecule has 6 nitrogen and oxygen atoms in total. The molecule has 14 heavy (non-hydrogen) atoms. The first-order valence-electron chi connectivity index (χ1n) is 4.24. The molecule has 0 saturated heterocycles. The summed E-state index contributed by atoms with van der Waals surface area (Å²) in [6.07, 6.45) is -5.99. The van der Waals surface area contributed by atoms with Gasteiger partial charge in [-0.3, -0.25) is 0 Å². The van der Waals surface area contributed by atoms with Crippen LogP contribution in [0.25, 0.3) is 0 Å². The van der Waals surface area contributed by atoms with Gasteiger partial charge in [0.2, 0.25) is 0 Å². The predicted octanol–water partition coefficient (Wildman–Crippen LogP) is -2.73. The number of hydrogen-bond acceptors (Lipinski definition) is 6. The molecule has 0 heterocycles. The molecule has 0 aliphatic heterocycles. The largest absolute Gasteiger partial charge is 0.394 e. The molecule has 0 amide bonds. The third-order valence-corrected chi connectivity index (χ3v) is 1.76. The van der Waals surface area contributed by atoms with Crippen LogP contribution in [0.15, 0.2) is 0 Å². The average Bonchev–Trinajstić information content (AvgIpc) is 2.22. The molecule has 5 N–H and O–H groups in total. The third-order valence-electron chi connectivity index (χ3n) is 1.76. The summed E-state index contributed by atoms with van der Waals surface area (Å²) >= 11 is 0. The Hall–Kier alpha value is -0.240. The van der Waals surface area contributed by atoms with Crippen LogP contribution in [0.1, 0.15) is 0 Å². The van der Waals surface area contributed by atoms with Gasteiger partial charge in [0.25, 0.3) is 0 Å². The number of aliphatic hydroxyl groups excluding tert-OH is 5. The van der Waals surface area contributed by atoms with Crippen LogP contribution < -0.4 is 0 Å². The summed E-state index contributed by atoms with van der Waals surface area (Å²) in [7, 11) is 0. The Labute approximate surface area is 82.4 Å². The van der Waals surface area contributed by atoms with E-state index in [1.807, 2.05) is 0 Å². The van der Waals surface area contributed by atoms with Crippen molar-refractivity contribution in [3.63, 3.8) is 0 Å². The van der Waals surface area contributed by atoms with Crippen molar-refractivity contribution in [2.75, 3.05) is 19.8 Å². The maximum atomic E-state index is 9.24. The Morgan fingerprint density at radius 1 is 1.00 bits per heavy atom. The van der Waals surface area contributed by atoms with E-state index in [4.69, 9.17) is 20.1 Å². The van der Waals surface area contributed by atoms with Gasteiger partial charge in [-0.15, -0.1) is 0 Å². The summed E-state index contributed by atoms with van der Waals surface area (Å²) in [5.41, 5.74) is 0. The van der Waals surface area contributed by atoms with E-state index in [2.05, 4.69) is 6.92 Å². The van der Waals surface area contributed by atoms with Crippen LogP contribution >= 0.6 is 0 Å². The fourth-order valence-electron chi connectivity index (χ4n) is 0.866. The number of aliphatic hydroxyl groups is 5. The second-order valence-electron chi connectivity index (χ2n) is 2.87. The highest BCUT2D eigenvalue weighted by molar-refractivity contribution is 4.80. The molecule has 0 rings (SSSR count). The van der Waals surface area contributed by atoms with Crippen LogP contribution in [0.3, 0.4) is 0 Å². The van der Waals surface area contributed by atoms with Crippen LogP contribution in [0.4, 0.5) is 0 Å². The number of ether oxygens (including phenoxy) is 1. The molecule has 0 aromatic rings. The Bertz CT molecular complexity index is 142. The molecular formula is C8H17O6. The van der Waals surface area contributed by atoms with E-state index in [-0.39, 0.29) is 13.2 Å². The molecular weight excluding hydrogens is 192 g/mol. The topological polar surface area (TPSA) is 110 Å². The SMILES string of the molecule is [CH2]COC[C@H](O)[C@@H](O)[C@H](O)[C@H](O)CO. The van der Waals surface area contributed by atoms with Crippen LogP contribution in [-0.2, 0) is 4.74 Å². The molecule has 1 radical (unpaired) electrons. The molecule has 85 valence electrons. The van der Waals surface area contributed by atoms with E-state index in [9.17, 15) is 10.2 Å². The monoisotopic (exact) mass is 209 g/mol. The van der Waals surface area contributed by atoms with Gasteiger partial charge in [-0.05, 0) is 6.92 Å². The first-order valence-corrected chi connectivity index (χ1v) is 4.24. The Morgan fingerprint density at radius 2 is 1.50 bits per heavy atom. The van der Waals surface area contributed by atoms with E-state index in [0.717, 1.165) is 0 Å². The van der Waals surface area contributed by atoms with Gasteiger partial charge in [0.05, 0.1) is 13.2 Å². The summed E-state index contributed by atoms with van der Waals surface area (Å²) in [6.45, 7) is 2.59. The van der Waals surface area contributed by atoms with E-state index < -0.39 is 31.0 Å². The van der Waals surface area contributed by atoms with Crippen molar-refractivity contribution in [2.45, 2.75) is 24.4 Å². The zero-order valence-corrected chi connectivity index (χ0v) is 7.78. The second kappa shape index (κ2) is 7.10. The first-order chi connectivity index (χ1) is 6.54. The summed E-state index contributed by atoms with van der Waals surface area (Å²) < 4.78 is 4.70.